The number of thioether (sulfide) groups is 1. The van der Waals surface area contributed by atoms with E-state index in [0.717, 1.165) is 35.3 Å². The lowest BCUT2D eigenvalue weighted by molar-refractivity contribution is -0.130. The second-order valence-electron chi connectivity index (χ2n) is 6.26. The summed E-state index contributed by atoms with van der Waals surface area (Å²) in [7, 11) is 0. The molecule has 6 nitrogen and oxygen atoms in total. The number of aromatic nitrogens is 2. The predicted octanol–water partition coefficient (Wildman–Crippen LogP) is 2.16. The van der Waals surface area contributed by atoms with Crippen LogP contribution in [0.4, 0.5) is 0 Å². The maximum Gasteiger partial charge on any atom is 0.233 e. The first-order valence-corrected chi connectivity index (χ1v) is 9.42. The monoisotopic (exact) mass is 358 g/mol. The molecule has 25 heavy (non-hydrogen) atoms. The Bertz CT molecular complexity index is 796. The number of hydrogen-bond acceptors (Lipinski definition) is 5. The number of piperidine rings is 1. The van der Waals surface area contributed by atoms with Crippen LogP contribution in [0.3, 0.4) is 0 Å². The molecule has 2 aromatic rings. The Balaban J connectivity index is 1.65. The second-order valence-corrected chi connectivity index (χ2v) is 7.23. The number of para-hydroxylation sites is 1. The molecular formula is C18H22N4O2S. The summed E-state index contributed by atoms with van der Waals surface area (Å²) >= 11 is 1.45. The van der Waals surface area contributed by atoms with E-state index in [9.17, 15) is 9.59 Å². The van der Waals surface area contributed by atoms with E-state index in [1.165, 1.54) is 18.7 Å². The normalized spacial score (nSPS) is 17.5. The van der Waals surface area contributed by atoms with Gasteiger partial charge in [0, 0.05) is 31.4 Å². The van der Waals surface area contributed by atoms with Gasteiger partial charge in [0.25, 0.3) is 0 Å². The predicted molar refractivity (Wildman–Crippen MR) is 98.4 cm³/mol. The molecule has 132 valence electrons. The second kappa shape index (κ2) is 7.82. The molecule has 2 heterocycles. The van der Waals surface area contributed by atoms with Crippen LogP contribution in [-0.4, -0.2) is 51.6 Å². The maximum absolute atomic E-state index is 12.6. The molecule has 7 heteroatoms. The van der Waals surface area contributed by atoms with Crippen LogP contribution in [0.5, 0.6) is 0 Å². The van der Waals surface area contributed by atoms with E-state index in [0.29, 0.717) is 18.1 Å². The fourth-order valence-electron chi connectivity index (χ4n) is 3.10. The molecule has 1 aliphatic rings. The van der Waals surface area contributed by atoms with Gasteiger partial charge in [-0.2, -0.15) is 0 Å². The zero-order chi connectivity index (χ0) is 17.8. The fraction of sp³-hybridized carbons (Fsp3) is 0.444. The zero-order valence-corrected chi connectivity index (χ0v) is 15.3. The van der Waals surface area contributed by atoms with Crippen molar-refractivity contribution in [2.75, 3.05) is 18.8 Å². The van der Waals surface area contributed by atoms with E-state index in [2.05, 4.69) is 15.3 Å². The van der Waals surface area contributed by atoms with Gasteiger partial charge in [0.2, 0.25) is 11.8 Å². The first kappa shape index (κ1) is 17.7. The Kier molecular flexibility index (Phi) is 5.53. The number of amides is 2. The van der Waals surface area contributed by atoms with Crippen LogP contribution >= 0.6 is 11.8 Å². The number of hydrogen-bond donors (Lipinski definition) is 1. The Morgan fingerprint density at radius 2 is 2.12 bits per heavy atom. The molecule has 1 N–H and O–H groups in total. The molecule has 0 radical (unpaired) electrons. The number of rotatable bonds is 4. The van der Waals surface area contributed by atoms with Gasteiger partial charge in [0.05, 0.1) is 11.3 Å². The van der Waals surface area contributed by atoms with Gasteiger partial charge >= 0.3 is 0 Å². The van der Waals surface area contributed by atoms with Crippen molar-refractivity contribution in [3.63, 3.8) is 0 Å². The number of aryl methyl sites for hydroxylation is 1. The highest BCUT2D eigenvalue weighted by molar-refractivity contribution is 8.00. The van der Waals surface area contributed by atoms with Crippen LogP contribution in [0.15, 0.2) is 29.3 Å². The molecule has 1 unspecified atom stereocenters. The quantitative estimate of drug-likeness (QED) is 0.670. The van der Waals surface area contributed by atoms with Crippen molar-refractivity contribution >= 4 is 34.5 Å². The Labute approximate surface area is 151 Å². The highest BCUT2D eigenvalue weighted by Crippen LogP contribution is 2.25. The van der Waals surface area contributed by atoms with Gasteiger partial charge in [-0.05, 0) is 25.8 Å². The first-order chi connectivity index (χ1) is 12.0. The molecule has 0 spiro atoms. The number of carbonyl (C=O) groups is 2. The van der Waals surface area contributed by atoms with Crippen LogP contribution in [0.1, 0.15) is 25.6 Å². The van der Waals surface area contributed by atoms with Crippen LogP contribution in [0.2, 0.25) is 0 Å². The van der Waals surface area contributed by atoms with Crippen molar-refractivity contribution in [2.45, 2.75) is 37.8 Å². The van der Waals surface area contributed by atoms with E-state index < -0.39 is 0 Å². The van der Waals surface area contributed by atoms with Gasteiger partial charge in [0.1, 0.15) is 10.9 Å². The third-order valence-electron chi connectivity index (χ3n) is 4.19. The maximum atomic E-state index is 12.6. The van der Waals surface area contributed by atoms with Gasteiger partial charge in [0.15, 0.2) is 0 Å². The Morgan fingerprint density at radius 3 is 2.92 bits per heavy atom. The number of carbonyl (C=O) groups excluding carboxylic acids is 2. The van der Waals surface area contributed by atoms with Crippen LogP contribution in [0.25, 0.3) is 10.9 Å². The van der Waals surface area contributed by atoms with Crippen molar-refractivity contribution in [3.8, 4) is 0 Å². The van der Waals surface area contributed by atoms with E-state index in [1.807, 2.05) is 36.1 Å². The van der Waals surface area contributed by atoms with Gasteiger partial charge in [-0.15, -0.1) is 0 Å². The molecule has 1 aromatic heterocycles. The van der Waals surface area contributed by atoms with Gasteiger partial charge < -0.3 is 10.2 Å². The SMILES string of the molecule is CC(=O)NC1CCCN(C(=O)CSc2nc(C)nc3ccccc23)C1. The minimum absolute atomic E-state index is 0.0448. The van der Waals surface area contributed by atoms with Gasteiger partial charge in [-0.1, -0.05) is 30.0 Å². The molecule has 1 atom stereocenters. The summed E-state index contributed by atoms with van der Waals surface area (Å²) in [5, 5.41) is 4.72. The zero-order valence-electron chi connectivity index (χ0n) is 14.5. The lowest BCUT2D eigenvalue weighted by Crippen LogP contribution is -2.49. The van der Waals surface area contributed by atoms with E-state index >= 15 is 0 Å². The molecule has 1 aromatic carbocycles. The lowest BCUT2D eigenvalue weighted by Gasteiger charge is -2.33. The molecule has 0 saturated carbocycles. The van der Waals surface area contributed by atoms with Crippen molar-refractivity contribution in [2.24, 2.45) is 0 Å². The fourth-order valence-corrected chi connectivity index (χ4v) is 4.07. The average molecular weight is 358 g/mol. The molecule has 1 saturated heterocycles. The smallest absolute Gasteiger partial charge is 0.233 e. The minimum atomic E-state index is -0.0448. The number of likely N-dealkylation sites (tertiary alicyclic amines) is 1. The van der Waals surface area contributed by atoms with Crippen molar-refractivity contribution in [3.05, 3.63) is 30.1 Å². The Morgan fingerprint density at radius 1 is 1.32 bits per heavy atom. The van der Waals surface area contributed by atoms with E-state index in [4.69, 9.17) is 0 Å². The molecule has 0 bridgehead atoms. The summed E-state index contributed by atoms with van der Waals surface area (Å²) in [5.41, 5.74) is 0.897. The largest absolute Gasteiger partial charge is 0.352 e. The molecular weight excluding hydrogens is 336 g/mol. The van der Waals surface area contributed by atoms with Crippen LogP contribution < -0.4 is 5.32 Å². The summed E-state index contributed by atoms with van der Waals surface area (Å²) < 4.78 is 0. The third-order valence-corrected chi connectivity index (χ3v) is 5.17. The minimum Gasteiger partial charge on any atom is -0.352 e. The average Bonchev–Trinajstić information content (AvgIpc) is 2.59. The summed E-state index contributed by atoms with van der Waals surface area (Å²) in [5.74, 6) is 1.09. The van der Waals surface area contributed by atoms with Crippen molar-refractivity contribution in [1.82, 2.24) is 20.2 Å². The van der Waals surface area contributed by atoms with Crippen LogP contribution in [0, 0.1) is 6.92 Å². The van der Waals surface area contributed by atoms with E-state index in [-0.39, 0.29) is 17.9 Å². The molecule has 0 aliphatic carbocycles. The summed E-state index contributed by atoms with van der Waals surface area (Å²) in [6, 6.07) is 7.90. The van der Waals surface area contributed by atoms with Crippen molar-refractivity contribution in [1.29, 1.82) is 0 Å². The third kappa shape index (κ3) is 4.48. The molecule has 3 rings (SSSR count). The highest BCUT2D eigenvalue weighted by Gasteiger charge is 2.24. The number of fused-ring (bicyclic) bond motifs is 1. The Hall–Kier alpha value is -2.15. The highest BCUT2D eigenvalue weighted by atomic mass is 32.2. The number of nitrogens with zero attached hydrogens (tertiary/aromatic N) is 3. The van der Waals surface area contributed by atoms with Gasteiger partial charge in [-0.25, -0.2) is 9.97 Å². The topological polar surface area (TPSA) is 75.2 Å². The standard InChI is InChI=1S/C18H22N4O2S/c1-12-19-16-8-4-3-7-15(16)18(20-12)25-11-17(24)22-9-5-6-14(10-22)21-13(2)23/h3-4,7-8,14H,5-6,9-11H2,1-2H3,(H,21,23). The number of nitrogens with one attached hydrogen (secondary N) is 1. The summed E-state index contributed by atoms with van der Waals surface area (Å²) in [4.78, 5) is 34.6. The molecule has 1 fully saturated rings. The number of benzene rings is 1. The van der Waals surface area contributed by atoms with Gasteiger partial charge in [-0.3, -0.25) is 9.59 Å². The summed E-state index contributed by atoms with van der Waals surface area (Å²) in [6.07, 6.45) is 1.84. The summed E-state index contributed by atoms with van der Waals surface area (Å²) in [6.45, 7) is 4.71. The molecule has 1 aliphatic heterocycles. The first-order valence-electron chi connectivity index (χ1n) is 8.44. The van der Waals surface area contributed by atoms with Crippen molar-refractivity contribution < 1.29 is 9.59 Å². The van der Waals surface area contributed by atoms with E-state index in [1.54, 1.807) is 0 Å². The molecule has 2 amide bonds. The van der Waals surface area contributed by atoms with Crippen LogP contribution in [-0.2, 0) is 9.59 Å². The lowest BCUT2D eigenvalue weighted by atomic mass is 10.1.